The van der Waals surface area contributed by atoms with Crippen LogP contribution in [0.25, 0.3) is 0 Å². The number of carbonyl (C=O) groups is 1. The van der Waals surface area contributed by atoms with Gasteiger partial charge in [0.05, 0.1) is 19.8 Å². The second kappa shape index (κ2) is 11.4. The van der Waals surface area contributed by atoms with Gasteiger partial charge in [-0.3, -0.25) is 0 Å². The second-order valence-electron chi connectivity index (χ2n) is 7.02. The molecule has 3 aromatic rings. The predicted octanol–water partition coefficient (Wildman–Crippen LogP) is 5.27. The number of urea groups is 1. The number of halogens is 1. The summed E-state index contributed by atoms with van der Waals surface area (Å²) in [5.41, 5.74) is 2.75. The van der Waals surface area contributed by atoms with Crippen LogP contribution in [0, 0.1) is 0 Å². The Hall–Kier alpha value is -2.96. The van der Waals surface area contributed by atoms with Crippen LogP contribution in [-0.2, 0) is 17.8 Å². The minimum absolute atomic E-state index is 0.188. The van der Waals surface area contributed by atoms with Crippen LogP contribution in [0.5, 0.6) is 5.75 Å². The molecule has 7 heteroatoms. The number of hydrogen-bond acceptors (Lipinski definition) is 3. The molecule has 0 unspecified atom stereocenters. The fourth-order valence-corrected chi connectivity index (χ4v) is 3.41. The highest BCUT2D eigenvalue weighted by atomic mass is 35.5. The third-order valence-electron chi connectivity index (χ3n) is 4.84. The summed E-state index contributed by atoms with van der Waals surface area (Å²) < 4.78 is 12.8. The monoisotopic (exact) mass is 441 g/mol. The molecule has 0 aliphatic rings. The van der Waals surface area contributed by atoms with Gasteiger partial charge in [-0.15, -0.1) is 0 Å². The van der Waals surface area contributed by atoms with Gasteiger partial charge in [0.15, 0.2) is 0 Å². The number of carbonyl (C=O) groups excluding carboxylic acids is 1. The molecule has 2 amide bonds. The lowest BCUT2D eigenvalue weighted by molar-refractivity contribution is 0.152. The number of aromatic nitrogens is 1. The lowest BCUT2D eigenvalue weighted by Gasteiger charge is -2.24. The molecule has 0 spiro atoms. The summed E-state index contributed by atoms with van der Waals surface area (Å²) >= 11 is 6.33. The van der Waals surface area contributed by atoms with Gasteiger partial charge in [0.2, 0.25) is 0 Å². The Labute approximate surface area is 188 Å². The van der Waals surface area contributed by atoms with Crippen LogP contribution in [0.15, 0.2) is 66.9 Å². The van der Waals surface area contributed by atoms with E-state index in [1.165, 1.54) is 0 Å². The van der Waals surface area contributed by atoms with Gasteiger partial charge < -0.3 is 24.3 Å². The van der Waals surface area contributed by atoms with Crippen molar-refractivity contribution >= 4 is 23.3 Å². The van der Waals surface area contributed by atoms with E-state index in [2.05, 4.69) is 9.88 Å². The van der Waals surface area contributed by atoms with Crippen LogP contribution in [0.2, 0.25) is 5.02 Å². The molecule has 0 aliphatic carbocycles. The quantitative estimate of drug-likeness (QED) is 0.466. The molecule has 31 heavy (non-hydrogen) atoms. The van der Waals surface area contributed by atoms with Crippen LogP contribution >= 0.6 is 11.6 Å². The van der Waals surface area contributed by atoms with Crippen LogP contribution in [0.1, 0.15) is 18.2 Å². The smallest absolute Gasteiger partial charge is 0.322 e. The van der Waals surface area contributed by atoms with E-state index in [-0.39, 0.29) is 6.03 Å². The van der Waals surface area contributed by atoms with E-state index in [9.17, 15) is 4.79 Å². The SMILES string of the molecule is CCOc1ccc(NC(=O)N(CCOC)Cc2cccn2Cc2ccccc2Cl)cc1. The average molecular weight is 442 g/mol. The largest absolute Gasteiger partial charge is 0.494 e. The third kappa shape index (κ3) is 6.51. The number of ether oxygens (including phenoxy) is 2. The van der Waals surface area contributed by atoms with E-state index >= 15 is 0 Å². The van der Waals surface area contributed by atoms with Crippen LogP contribution in [0.3, 0.4) is 0 Å². The van der Waals surface area contributed by atoms with E-state index in [1.807, 2.05) is 73.8 Å². The number of hydrogen-bond donors (Lipinski definition) is 1. The zero-order chi connectivity index (χ0) is 22.1. The molecule has 6 nitrogen and oxygen atoms in total. The molecule has 0 fully saturated rings. The minimum atomic E-state index is -0.188. The maximum Gasteiger partial charge on any atom is 0.322 e. The molecule has 0 atom stereocenters. The molecule has 1 heterocycles. The van der Waals surface area contributed by atoms with Crippen molar-refractivity contribution in [3.8, 4) is 5.75 Å². The Kier molecular flexibility index (Phi) is 8.38. The number of amides is 2. The van der Waals surface area contributed by atoms with Crippen molar-refractivity contribution < 1.29 is 14.3 Å². The van der Waals surface area contributed by atoms with Crippen molar-refractivity contribution in [3.05, 3.63) is 83.1 Å². The van der Waals surface area contributed by atoms with Gasteiger partial charge in [-0.25, -0.2) is 4.79 Å². The molecule has 1 N–H and O–H groups in total. The lowest BCUT2D eigenvalue weighted by atomic mass is 10.2. The molecule has 0 bridgehead atoms. The maximum absolute atomic E-state index is 13.0. The Morgan fingerprint density at radius 2 is 1.87 bits per heavy atom. The number of anilines is 1. The van der Waals surface area contributed by atoms with Gasteiger partial charge in [0.1, 0.15) is 5.75 Å². The van der Waals surface area contributed by atoms with Crippen molar-refractivity contribution in [2.24, 2.45) is 0 Å². The standard InChI is InChI=1S/C24H28ClN3O3/c1-3-31-22-12-10-20(11-13-22)26-24(29)28(15-16-30-2)18-21-8-6-14-27(21)17-19-7-4-5-9-23(19)25/h4-14H,3,15-18H2,1-2H3,(H,26,29). The van der Waals surface area contributed by atoms with Crippen LogP contribution < -0.4 is 10.1 Å². The Morgan fingerprint density at radius 1 is 1.10 bits per heavy atom. The highest BCUT2D eigenvalue weighted by molar-refractivity contribution is 6.31. The van der Waals surface area contributed by atoms with Crippen LogP contribution in [0.4, 0.5) is 10.5 Å². The lowest BCUT2D eigenvalue weighted by Crippen LogP contribution is -2.37. The molecule has 0 aliphatic heterocycles. The Morgan fingerprint density at radius 3 is 2.58 bits per heavy atom. The van der Waals surface area contributed by atoms with Crippen molar-refractivity contribution in [1.82, 2.24) is 9.47 Å². The van der Waals surface area contributed by atoms with Gasteiger partial charge in [-0.2, -0.15) is 0 Å². The van der Waals surface area contributed by atoms with Crippen molar-refractivity contribution in [3.63, 3.8) is 0 Å². The molecular weight excluding hydrogens is 414 g/mol. The predicted molar refractivity (Wildman–Crippen MR) is 124 cm³/mol. The van der Waals surface area contributed by atoms with Crippen molar-refractivity contribution in [2.75, 3.05) is 32.2 Å². The molecule has 1 aromatic heterocycles. The zero-order valence-electron chi connectivity index (χ0n) is 17.9. The molecular formula is C24H28ClN3O3. The normalized spacial score (nSPS) is 10.7. The van der Waals surface area contributed by atoms with Crippen molar-refractivity contribution in [1.29, 1.82) is 0 Å². The summed E-state index contributed by atoms with van der Waals surface area (Å²) in [7, 11) is 1.63. The van der Waals surface area contributed by atoms with E-state index < -0.39 is 0 Å². The highest BCUT2D eigenvalue weighted by Crippen LogP contribution is 2.19. The molecule has 0 radical (unpaired) electrons. The zero-order valence-corrected chi connectivity index (χ0v) is 18.6. The first-order valence-corrected chi connectivity index (χ1v) is 10.6. The first-order chi connectivity index (χ1) is 15.1. The summed E-state index contributed by atoms with van der Waals surface area (Å²) in [5, 5.41) is 3.68. The van der Waals surface area contributed by atoms with E-state index in [1.54, 1.807) is 12.0 Å². The topological polar surface area (TPSA) is 55.7 Å². The maximum atomic E-state index is 13.0. The van der Waals surface area contributed by atoms with Gasteiger partial charge in [-0.1, -0.05) is 29.8 Å². The van der Waals surface area contributed by atoms with Crippen molar-refractivity contribution in [2.45, 2.75) is 20.0 Å². The first kappa shape index (κ1) is 22.7. The number of nitrogens with zero attached hydrogens (tertiary/aromatic N) is 2. The average Bonchev–Trinajstić information content (AvgIpc) is 3.21. The number of benzene rings is 2. The van der Waals surface area contributed by atoms with E-state index in [0.29, 0.717) is 38.5 Å². The summed E-state index contributed by atoms with van der Waals surface area (Å²) in [6.45, 7) is 4.54. The summed E-state index contributed by atoms with van der Waals surface area (Å²) in [6, 6.07) is 18.9. The molecule has 0 saturated carbocycles. The third-order valence-corrected chi connectivity index (χ3v) is 5.21. The van der Waals surface area contributed by atoms with E-state index in [4.69, 9.17) is 21.1 Å². The fourth-order valence-electron chi connectivity index (χ4n) is 3.21. The second-order valence-corrected chi connectivity index (χ2v) is 7.43. The van der Waals surface area contributed by atoms with Gasteiger partial charge in [-0.05, 0) is 55.0 Å². The van der Waals surface area contributed by atoms with Gasteiger partial charge in [0.25, 0.3) is 0 Å². The highest BCUT2D eigenvalue weighted by Gasteiger charge is 2.16. The minimum Gasteiger partial charge on any atom is -0.494 e. The first-order valence-electron chi connectivity index (χ1n) is 10.3. The number of nitrogens with one attached hydrogen (secondary N) is 1. The molecule has 164 valence electrons. The summed E-state index contributed by atoms with van der Waals surface area (Å²) in [4.78, 5) is 14.7. The molecule has 2 aromatic carbocycles. The molecule has 0 saturated heterocycles. The fraction of sp³-hybridized carbons (Fsp3) is 0.292. The Bertz CT molecular complexity index is 972. The van der Waals surface area contributed by atoms with Crippen LogP contribution in [-0.4, -0.2) is 42.4 Å². The van der Waals surface area contributed by atoms with E-state index in [0.717, 1.165) is 22.0 Å². The van der Waals surface area contributed by atoms with Gasteiger partial charge >= 0.3 is 6.03 Å². The Balaban J connectivity index is 1.70. The molecule has 3 rings (SSSR count). The summed E-state index contributed by atoms with van der Waals surface area (Å²) in [6.07, 6.45) is 2.00. The summed E-state index contributed by atoms with van der Waals surface area (Å²) in [5.74, 6) is 0.772. The van der Waals surface area contributed by atoms with Gasteiger partial charge in [0, 0.05) is 42.8 Å². The number of methoxy groups -OCH3 is 1. The number of rotatable bonds is 10.